The molecule has 0 aliphatic carbocycles. The standard InChI is InChI=1S/C26H29F6NO/c1-15(2)11-22(16(3)34)19-12-18(17-7-9-21(10-8-17)25(27,28)29)13-20(14-19)23-5-4-6-24(33-23)26(30,31)32/h7-10,12-15,22-24,33H,4-6,11H2,1-3H3/t22-,23-,24+/m0/s1. The lowest BCUT2D eigenvalue weighted by Gasteiger charge is -2.33. The highest BCUT2D eigenvalue weighted by Crippen LogP contribution is 2.38. The van der Waals surface area contributed by atoms with Gasteiger partial charge in [0.25, 0.3) is 0 Å². The lowest BCUT2D eigenvalue weighted by molar-refractivity contribution is -0.163. The summed E-state index contributed by atoms with van der Waals surface area (Å²) in [7, 11) is 0. The van der Waals surface area contributed by atoms with Crippen molar-refractivity contribution in [2.45, 2.75) is 76.8 Å². The van der Waals surface area contributed by atoms with Gasteiger partial charge in [-0.1, -0.05) is 38.1 Å². The van der Waals surface area contributed by atoms with Gasteiger partial charge in [0.15, 0.2) is 0 Å². The number of halogens is 6. The smallest absolute Gasteiger partial charge is 0.299 e. The first-order chi connectivity index (χ1) is 15.8. The van der Waals surface area contributed by atoms with Gasteiger partial charge in [-0.3, -0.25) is 10.1 Å². The normalized spacial score (nSPS) is 20.4. The van der Waals surface area contributed by atoms with E-state index in [4.69, 9.17) is 0 Å². The first-order valence-electron chi connectivity index (χ1n) is 11.4. The fraction of sp³-hybridized carbons (Fsp3) is 0.500. The summed E-state index contributed by atoms with van der Waals surface area (Å²) >= 11 is 0. The Morgan fingerprint density at radius 1 is 0.971 bits per heavy atom. The van der Waals surface area contributed by atoms with Gasteiger partial charge in [0, 0.05) is 12.0 Å². The van der Waals surface area contributed by atoms with Gasteiger partial charge in [-0.05, 0) is 79.0 Å². The van der Waals surface area contributed by atoms with Crippen molar-refractivity contribution in [1.29, 1.82) is 0 Å². The second-order valence-electron chi connectivity index (χ2n) is 9.50. The highest BCUT2D eigenvalue weighted by molar-refractivity contribution is 5.84. The highest BCUT2D eigenvalue weighted by atomic mass is 19.4. The molecule has 34 heavy (non-hydrogen) atoms. The van der Waals surface area contributed by atoms with E-state index in [0.717, 1.165) is 12.1 Å². The van der Waals surface area contributed by atoms with Gasteiger partial charge in [-0.2, -0.15) is 26.3 Å². The van der Waals surface area contributed by atoms with Crippen LogP contribution in [-0.4, -0.2) is 18.0 Å². The molecule has 1 fully saturated rings. The van der Waals surface area contributed by atoms with Crippen molar-refractivity contribution >= 4 is 5.78 Å². The summed E-state index contributed by atoms with van der Waals surface area (Å²) in [5, 5.41) is 2.69. The number of benzene rings is 2. The van der Waals surface area contributed by atoms with Crippen molar-refractivity contribution in [3.05, 3.63) is 59.2 Å². The van der Waals surface area contributed by atoms with Gasteiger partial charge in [-0.25, -0.2) is 0 Å². The third kappa shape index (κ3) is 6.40. The number of hydrogen-bond acceptors (Lipinski definition) is 2. The predicted molar refractivity (Wildman–Crippen MR) is 119 cm³/mol. The Hall–Kier alpha value is -2.35. The quantitative estimate of drug-likeness (QED) is 0.423. The average Bonchev–Trinajstić information content (AvgIpc) is 2.76. The summed E-state index contributed by atoms with van der Waals surface area (Å²) in [6.45, 7) is 5.44. The van der Waals surface area contributed by atoms with Crippen LogP contribution in [0.1, 0.15) is 75.1 Å². The zero-order chi connectivity index (χ0) is 25.3. The van der Waals surface area contributed by atoms with Crippen molar-refractivity contribution in [3.63, 3.8) is 0 Å². The molecular formula is C26H29F6NO. The number of rotatable bonds is 6. The molecule has 0 radical (unpaired) electrons. The molecule has 3 atom stereocenters. The SMILES string of the molecule is CC(=O)[C@H](CC(C)C)c1cc(-c2ccc(C(F)(F)F)cc2)cc([C@@H]2CCC[C@H](C(F)(F)F)N2)c1. The van der Waals surface area contributed by atoms with Gasteiger partial charge >= 0.3 is 12.4 Å². The van der Waals surface area contributed by atoms with Crippen LogP contribution in [0.2, 0.25) is 0 Å². The molecule has 0 unspecified atom stereocenters. The molecule has 8 heteroatoms. The van der Waals surface area contributed by atoms with Crippen LogP contribution in [0.4, 0.5) is 26.3 Å². The van der Waals surface area contributed by atoms with E-state index in [2.05, 4.69) is 5.32 Å². The molecule has 2 aromatic carbocycles. The van der Waals surface area contributed by atoms with E-state index in [0.29, 0.717) is 41.5 Å². The lowest BCUT2D eigenvalue weighted by atomic mass is 9.83. The maximum atomic E-state index is 13.4. The molecule has 2 aromatic rings. The first-order valence-corrected chi connectivity index (χ1v) is 11.4. The number of ketones is 1. The van der Waals surface area contributed by atoms with Crippen molar-refractivity contribution < 1.29 is 31.1 Å². The maximum absolute atomic E-state index is 13.4. The Balaban J connectivity index is 2.07. The van der Waals surface area contributed by atoms with Gasteiger partial charge < -0.3 is 0 Å². The number of nitrogens with one attached hydrogen (secondary N) is 1. The number of alkyl halides is 6. The van der Waals surface area contributed by atoms with Crippen molar-refractivity contribution in [1.82, 2.24) is 5.32 Å². The summed E-state index contributed by atoms with van der Waals surface area (Å²) < 4.78 is 79.1. The maximum Gasteiger partial charge on any atom is 0.416 e. The van der Waals surface area contributed by atoms with Crippen molar-refractivity contribution in [3.8, 4) is 11.1 Å². The van der Waals surface area contributed by atoms with Crippen molar-refractivity contribution in [2.75, 3.05) is 0 Å². The first kappa shape index (κ1) is 26.3. The van der Waals surface area contributed by atoms with Crippen LogP contribution >= 0.6 is 0 Å². The van der Waals surface area contributed by atoms with E-state index >= 15 is 0 Å². The third-order valence-corrected chi connectivity index (χ3v) is 6.31. The summed E-state index contributed by atoms with van der Waals surface area (Å²) in [5.41, 5.74) is 1.58. The largest absolute Gasteiger partial charge is 0.416 e. The lowest BCUT2D eigenvalue weighted by Crippen LogP contribution is -2.46. The molecule has 1 N–H and O–H groups in total. The summed E-state index contributed by atoms with van der Waals surface area (Å²) in [6, 6.07) is 7.74. The van der Waals surface area contributed by atoms with Crippen LogP contribution in [0, 0.1) is 5.92 Å². The molecule has 0 spiro atoms. The number of hydrogen-bond donors (Lipinski definition) is 1. The number of carbonyl (C=O) groups is 1. The topological polar surface area (TPSA) is 29.1 Å². The highest BCUT2D eigenvalue weighted by Gasteiger charge is 2.42. The van der Waals surface area contributed by atoms with Gasteiger partial charge in [0.2, 0.25) is 0 Å². The molecule has 0 saturated carbocycles. The van der Waals surface area contributed by atoms with Crippen LogP contribution in [0.3, 0.4) is 0 Å². The van der Waals surface area contributed by atoms with E-state index in [9.17, 15) is 31.1 Å². The van der Waals surface area contributed by atoms with Gasteiger partial charge in [0.1, 0.15) is 11.8 Å². The van der Waals surface area contributed by atoms with Crippen LogP contribution in [0.25, 0.3) is 11.1 Å². The fourth-order valence-electron chi connectivity index (χ4n) is 4.56. The Morgan fingerprint density at radius 2 is 1.62 bits per heavy atom. The molecule has 1 heterocycles. The molecule has 0 bridgehead atoms. The zero-order valence-corrected chi connectivity index (χ0v) is 19.4. The minimum atomic E-state index is -4.47. The number of piperidine rings is 1. The Morgan fingerprint density at radius 3 is 2.15 bits per heavy atom. The van der Waals surface area contributed by atoms with E-state index in [1.54, 1.807) is 18.2 Å². The molecule has 1 aliphatic heterocycles. The minimum Gasteiger partial charge on any atom is -0.299 e. The second kappa shape index (κ2) is 10.1. The zero-order valence-electron chi connectivity index (χ0n) is 19.4. The Labute approximate surface area is 195 Å². The van der Waals surface area contributed by atoms with Crippen LogP contribution < -0.4 is 5.32 Å². The van der Waals surface area contributed by atoms with Crippen LogP contribution in [0.5, 0.6) is 0 Å². The minimum absolute atomic E-state index is 0.00509. The van der Waals surface area contributed by atoms with E-state index in [1.807, 2.05) is 13.8 Å². The summed E-state index contributed by atoms with van der Waals surface area (Å²) in [5.74, 6) is -0.307. The average molecular weight is 486 g/mol. The molecule has 1 saturated heterocycles. The van der Waals surface area contributed by atoms with Crippen LogP contribution in [-0.2, 0) is 11.0 Å². The molecule has 2 nitrogen and oxygen atoms in total. The van der Waals surface area contributed by atoms with Crippen molar-refractivity contribution in [2.24, 2.45) is 5.92 Å². The molecule has 0 aromatic heterocycles. The molecule has 1 aliphatic rings. The Bertz CT molecular complexity index is 994. The fourth-order valence-corrected chi connectivity index (χ4v) is 4.56. The Kier molecular flexibility index (Phi) is 7.80. The monoisotopic (exact) mass is 485 g/mol. The van der Waals surface area contributed by atoms with Crippen LogP contribution in [0.15, 0.2) is 42.5 Å². The second-order valence-corrected chi connectivity index (χ2v) is 9.50. The summed E-state index contributed by atoms with van der Waals surface area (Å²) in [6.07, 6.45) is -7.39. The van der Waals surface area contributed by atoms with E-state index in [-0.39, 0.29) is 18.1 Å². The number of Topliss-reactive ketones (excluding diaryl/α,β-unsaturated/α-hetero) is 1. The number of carbonyl (C=O) groups excluding carboxylic acids is 1. The molecular weight excluding hydrogens is 456 g/mol. The molecule has 3 rings (SSSR count). The van der Waals surface area contributed by atoms with E-state index < -0.39 is 35.9 Å². The van der Waals surface area contributed by atoms with E-state index in [1.165, 1.54) is 19.1 Å². The third-order valence-electron chi connectivity index (χ3n) is 6.31. The molecule has 186 valence electrons. The predicted octanol–water partition coefficient (Wildman–Crippen LogP) is 7.84. The summed E-state index contributed by atoms with van der Waals surface area (Å²) in [4.78, 5) is 12.5. The molecule has 0 amide bonds. The van der Waals surface area contributed by atoms with Gasteiger partial charge in [-0.15, -0.1) is 0 Å². The van der Waals surface area contributed by atoms with Gasteiger partial charge in [0.05, 0.1) is 5.56 Å².